The fourth-order valence-electron chi connectivity index (χ4n) is 3.95. The van der Waals surface area contributed by atoms with E-state index in [1.807, 2.05) is 0 Å². The summed E-state index contributed by atoms with van der Waals surface area (Å²) < 4.78 is 4.98. The lowest BCUT2D eigenvalue weighted by Gasteiger charge is -2.25. The zero-order valence-corrected chi connectivity index (χ0v) is 18.6. The zero-order chi connectivity index (χ0) is 25.1. The van der Waals surface area contributed by atoms with E-state index in [4.69, 9.17) is 4.74 Å². The number of aliphatic hydroxyl groups excluding tert-OH is 1. The second-order valence-electron chi connectivity index (χ2n) is 7.65. The molecule has 3 aromatic carbocycles. The van der Waals surface area contributed by atoms with Crippen molar-refractivity contribution in [2.24, 2.45) is 0 Å². The van der Waals surface area contributed by atoms with Crippen molar-refractivity contribution < 1.29 is 29.2 Å². The van der Waals surface area contributed by atoms with Gasteiger partial charge in [0.2, 0.25) is 0 Å². The fraction of sp³-hybridized carbons (Fsp3) is 0.115. The summed E-state index contributed by atoms with van der Waals surface area (Å²) in [5, 5.41) is 22.4. The molecule has 35 heavy (non-hydrogen) atoms. The van der Waals surface area contributed by atoms with Crippen molar-refractivity contribution in [3.8, 4) is 0 Å². The van der Waals surface area contributed by atoms with Crippen molar-refractivity contribution in [1.82, 2.24) is 0 Å². The Hall–Kier alpha value is -4.79. The number of nitro groups is 1. The molecule has 0 spiro atoms. The molecule has 0 radical (unpaired) electrons. The van der Waals surface area contributed by atoms with Gasteiger partial charge in [-0.15, -0.1) is 0 Å². The number of amides is 1. The highest BCUT2D eigenvalue weighted by atomic mass is 16.6. The molecule has 1 aliphatic rings. The summed E-state index contributed by atoms with van der Waals surface area (Å²) >= 11 is 0. The smallest absolute Gasteiger partial charge is 0.338 e. The number of ether oxygens (including phenoxy) is 1. The van der Waals surface area contributed by atoms with Gasteiger partial charge in [0.1, 0.15) is 5.76 Å². The van der Waals surface area contributed by atoms with Crippen molar-refractivity contribution in [3.63, 3.8) is 0 Å². The Kier molecular flexibility index (Phi) is 6.41. The average molecular weight is 472 g/mol. The van der Waals surface area contributed by atoms with Crippen LogP contribution in [0.2, 0.25) is 0 Å². The Labute approximate surface area is 200 Å². The lowest BCUT2D eigenvalue weighted by molar-refractivity contribution is -0.384. The number of aliphatic hydroxyl groups is 1. The normalized spacial score (nSPS) is 16.8. The van der Waals surface area contributed by atoms with Crippen molar-refractivity contribution in [2.45, 2.75) is 13.0 Å². The van der Waals surface area contributed by atoms with E-state index >= 15 is 0 Å². The number of anilines is 1. The summed E-state index contributed by atoms with van der Waals surface area (Å²) in [6, 6.07) is 18.5. The van der Waals surface area contributed by atoms with E-state index in [9.17, 15) is 29.6 Å². The second-order valence-corrected chi connectivity index (χ2v) is 7.65. The number of rotatable bonds is 6. The van der Waals surface area contributed by atoms with Gasteiger partial charge in [0.25, 0.3) is 17.4 Å². The third kappa shape index (κ3) is 4.39. The van der Waals surface area contributed by atoms with Crippen LogP contribution < -0.4 is 4.90 Å². The Morgan fingerprint density at radius 3 is 2.31 bits per heavy atom. The van der Waals surface area contributed by atoms with Crippen LogP contribution in [0, 0.1) is 10.1 Å². The van der Waals surface area contributed by atoms with E-state index in [0.717, 1.165) is 4.90 Å². The Morgan fingerprint density at radius 1 is 1.00 bits per heavy atom. The second kappa shape index (κ2) is 9.60. The minimum Gasteiger partial charge on any atom is -0.507 e. The summed E-state index contributed by atoms with van der Waals surface area (Å²) in [6.45, 7) is 1.87. The van der Waals surface area contributed by atoms with E-state index in [2.05, 4.69) is 0 Å². The molecule has 0 unspecified atom stereocenters. The number of non-ortho nitro benzene ring substituents is 1. The fourth-order valence-corrected chi connectivity index (χ4v) is 3.95. The molecule has 0 bridgehead atoms. The number of ketones is 1. The number of nitro benzene ring substituents is 1. The number of hydrogen-bond acceptors (Lipinski definition) is 7. The van der Waals surface area contributed by atoms with Gasteiger partial charge in [-0.3, -0.25) is 24.6 Å². The van der Waals surface area contributed by atoms with E-state index in [-0.39, 0.29) is 34.7 Å². The molecule has 1 heterocycles. The highest BCUT2D eigenvalue weighted by Gasteiger charge is 2.47. The maximum atomic E-state index is 13.2. The van der Waals surface area contributed by atoms with Crippen LogP contribution in [-0.2, 0) is 14.3 Å². The van der Waals surface area contributed by atoms with Crippen LogP contribution in [-0.4, -0.2) is 34.3 Å². The molecule has 1 amide bonds. The van der Waals surface area contributed by atoms with Crippen molar-refractivity contribution in [2.75, 3.05) is 11.5 Å². The Balaban J connectivity index is 1.89. The maximum Gasteiger partial charge on any atom is 0.338 e. The molecule has 3 aromatic rings. The quantitative estimate of drug-likeness (QED) is 0.141. The summed E-state index contributed by atoms with van der Waals surface area (Å²) in [4.78, 5) is 50.3. The number of carbonyl (C=O) groups excluding carboxylic acids is 3. The first kappa shape index (κ1) is 23.4. The van der Waals surface area contributed by atoms with Crippen LogP contribution >= 0.6 is 0 Å². The van der Waals surface area contributed by atoms with Gasteiger partial charge in [-0.05, 0) is 36.8 Å². The van der Waals surface area contributed by atoms with Gasteiger partial charge >= 0.3 is 5.97 Å². The van der Waals surface area contributed by atoms with Crippen molar-refractivity contribution in [1.29, 1.82) is 0 Å². The van der Waals surface area contributed by atoms with Crippen LogP contribution in [0.15, 0.2) is 84.4 Å². The van der Waals surface area contributed by atoms with Gasteiger partial charge in [-0.2, -0.15) is 0 Å². The lowest BCUT2D eigenvalue weighted by atomic mass is 9.94. The van der Waals surface area contributed by atoms with Crippen LogP contribution in [0.4, 0.5) is 11.4 Å². The molecular formula is C26H20N2O7. The maximum absolute atomic E-state index is 13.2. The lowest BCUT2D eigenvalue weighted by Crippen LogP contribution is -2.29. The monoisotopic (exact) mass is 472 g/mol. The highest BCUT2D eigenvalue weighted by Crippen LogP contribution is 2.42. The molecule has 1 fully saturated rings. The van der Waals surface area contributed by atoms with E-state index in [0.29, 0.717) is 5.56 Å². The number of nitrogens with zero attached hydrogens (tertiary/aromatic N) is 2. The molecule has 176 valence electrons. The van der Waals surface area contributed by atoms with Gasteiger partial charge in [-0.1, -0.05) is 42.5 Å². The van der Waals surface area contributed by atoms with E-state index in [1.54, 1.807) is 43.3 Å². The highest BCUT2D eigenvalue weighted by molar-refractivity contribution is 6.51. The molecule has 0 aromatic heterocycles. The molecule has 1 aliphatic heterocycles. The molecule has 4 rings (SSSR count). The van der Waals surface area contributed by atoms with E-state index in [1.165, 1.54) is 42.5 Å². The number of hydrogen-bond donors (Lipinski definition) is 1. The first-order chi connectivity index (χ1) is 16.8. The first-order valence-electron chi connectivity index (χ1n) is 10.7. The average Bonchev–Trinajstić information content (AvgIpc) is 3.14. The van der Waals surface area contributed by atoms with Gasteiger partial charge < -0.3 is 9.84 Å². The number of esters is 1. The van der Waals surface area contributed by atoms with Crippen molar-refractivity contribution >= 4 is 34.8 Å². The van der Waals surface area contributed by atoms with Crippen LogP contribution in [0.5, 0.6) is 0 Å². The minimum atomic E-state index is -1.14. The van der Waals surface area contributed by atoms with Crippen molar-refractivity contribution in [3.05, 3.63) is 111 Å². The van der Waals surface area contributed by atoms with E-state index < -0.39 is 34.4 Å². The largest absolute Gasteiger partial charge is 0.507 e. The third-order valence-corrected chi connectivity index (χ3v) is 5.55. The van der Waals surface area contributed by atoms with Gasteiger partial charge in [0, 0.05) is 23.4 Å². The van der Waals surface area contributed by atoms with Crippen LogP contribution in [0.3, 0.4) is 0 Å². The Morgan fingerprint density at radius 2 is 1.69 bits per heavy atom. The molecule has 9 nitrogen and oxygen atoms in total. The topological polar surface area (TPSA) is 127 Å². The number of benzene rings is 3. The molecular weight excluding hydrogens is 452 g/mol. The predicted molar refractivity (Wildman–Crippen MR) is 127 cm³/mol. The third-order valence-electron chi connectivity index (χ3n) is 5.55. The van der Waals surface area contributed by atoms with Crippen LogP contribution in [0.1, 0.15) is 34.5 Å². The number of Topliss-reactive ketones (excluding diaryl/α,β-unsaturated/α-hetero) is 1. The summed E-state index contributed by atoms with van der Waals surface area (Å²) in [5.41, 5.74) is 0.678. The molecule has 0 aliphatic carbocycles. The Bertz CT molecular complexity index is 1350. The minimum absolute atomic E-state index is 0.196. The molecule has 0 saturated carbocycles. The predicted octanol–water partition coefficient (Wildman–Crippen LogP) is 4.40. The summed E-state index contributed by atoms with van der Waals surface area (Å²) in [7, 11) is 0. The summed E-state index contributed by atoms with van der Waals surface area (Å²) in [6.07, 6.45) is 0. The zero-order valence-electron chi connectivity index (χ0n) is 18.6. The molecule has 1 saturated heterocycles. The first-order valence-corrected chi connectivity index (χ1v) is 10.7. The van der Waals surface area contributed by atoms with Crippen LogP contribution in [0.25, 0.3) is 5.76 Å². The standard InChI is InChI=1S/C26H20N2O7/c1-2-35-26(32)17-11-13-19(14-12-17)27-22(18-9-6-10-20(15-18)28(33)34)21(24(30)25(27)31)23(29)16-7-4-3-5-8-16/h3-15,22,29H,2H2,1H3/t22-/m0/s1. The number of carbonyl (C=O) groups is 3. The molecule has 1 N–H and O–H groups in total. The summed E-state index contributed by atoms with van der Waals surface area (Å²) in [5.74, 6) is -2.79. The molecule has 1 atom stereocenters. The SMILES string of the molecule is CCOC(=O)c1ccc(N2C(=O)C(=O)C(=C(O)c3ccccc3)[C@@H]2c2cccc([N+](=O)[O-])c2)cc1. The molecule has 9 heteroatoms. The van der Waals surface area contributed by atoms with Gasteiger partial charge in [0.05, 0.1) is 28.7 Å². The van der Waals surface area contributed by atoms with Gasteiger partial charge in [-0.25, -0.2) is 4.79 Å². The van der Waals surface area contributed by atoms with Gasteiger partial charge in [0.15, 0.2) is 0 Å².